The summed E-state index contributed by atoms with van der Waals surface area (Å²) in [5, 5.41) is 0. The molecule has 8 nitrogen and oxygen atoms in total. The molecule has 2 aromatic heterocycles. The quantitative estimate of drug-likeness (QED) is 0.825. The molecule has 1 aliphatic heterocycles. The zero-order valence-corrected chi connectivity index (χ0v) is 14.2. The highest BCUT2D eigenvalue weighted by molar-refractivity contribution is 7.86. The van der Waals surface area contributed by atoms with E-state index in [4.69, 9.17) is 0 Å². The van der Waals surface area contributed by atoms with Crippen LogP contribution >= 0.6 is 0 Å². The van der Waals surface area contributed by atoms with Gasteiger partial charge in [-0.1, -0.05) is 0 Å². The number of hydrogen-bond donors (Lipinski definition) is 0. The molecule has 1 fully saturated rings. The largest absolute Gasteiger partial charge is 0.333 e. The summed E-state index contributed by atoms with van der Waals surface area (Å²) in [6.45, 7) is 0.508. The topological polar surface area (TPSA) is 84.2 Å². The fourth-order valence-corrected chi connectivity index (χ4v) is 4.07. The van der Waals surface area contributed by atoms with Crippen molar-refractivity contribution in [3.8, 4) is 11.5 Å². The van der Waals surface area contributed by atoms with Crippen molar-refractivity contribution >= 4 is 10.2 Å². The lowest BCUT2D eigenvalue weighted by Crippen LogP contribution is -2.39. The van der Waals surface area contributed by atoms with Crippen LogP contribution in [0, 0.1) is 0 Å². The summed E-state index contributed by atoms with van der Waals surface area (Å²) >= 11 is 0. The molecule has 1 saturated heterocycles. The predicted molar refractivity (Wildman–Crippen MR) is 85.5 cm³/mol. The number of rotatable bonds is 4. The highest BCUT2D eigenvalue weighted by atomic mass is 32.2. The lowest BCUT2D eigenvalue weighted by atomic mass is 10.2. The van der Waals surface area contributed by atoms with E-state index in [0.29, 0.717) is 17.9 Å². The van der Waals surface area contributed by atoms with Crippen LogP contribution in [0.25, 0.3) is 11.5 Å². The van der Waals surface area contributed by atoms with E-state index >= 15 is 0 Å². The van der Waals surface area contributed by atoms with E-state index in [-0.39, 0.29) is 6.04 Å². The number of hydrogen-bond acceptors (Lipinski definition) is 5. The van der Waals surface area contributed by atoms with Gasteiger partial charge in [0, 0.05) is 40.1 Å². The van der Waals surface area contributed by atoms with Gasteiger partial charge in [0.2, 0.25) is 0 Å². The van der Waals surface area contributed by atoms with Gasteiger partial charge in [0.15, 0.2) is 5.82 Å². The maximum Gasteiger partial charge on any atom is 0.282 e. The van der Waals surface area contributed by atoms with Crippen LogP contribution in [0.15, 0.2) is 24.8 Å². The van der Waals surface area contributed by atoms with Gasteiger partial charge in [0.1, 0.15) is 5.69 Å². The molecule has 2 aromatic rings. The molecule has 0 aromatic carbocycles. The van der Waals surface area contributed by atoms with Crippen molar-refractivity contribution in [2.75, 3.05) is 20.6 Å². The molecule has 9 heteroatoms. The van der Waals surface area contributed by atoms with Crippen molar-refractivity contribution in [3.63, 3.8) is 0 Å². The van der Waals surface area contributed by atoms with E-state index < -0.39 is 10.2 Å². The first-order valence-corrected chi connectivity index (χ1v) is 8.80. The average Bonchev–Trinajstić information content (AvgIpc) is 3.16. The Labute approximate surface area is 136 Å². The molecule has 0 N–H and O–H groups in total. The van der Waals surface area contributed by atoms with Crippen molar-refractivity contribution in [2.24, 2.45) is 7.05 Å². The van der Waals surface area contributed by atoms with Crippen molar-refractivity contribution in [3.05, 3.63) is 30.5 Å². The van der Waals surface area contributed by atoms with Gasteiger partial charge >= 0.3 is 0 Å². The molecule has 124 valence electrons. The van der Waals surface area contributed by atoms with Crippen LogP contribution in [0.2, 0.25) is 0 Å². The standard InChI is InChI=1S/C14H20N6O2S/c1-18(2)23(21,22)20-7-4-5-13(20)11-9-17-12(10-16-11)14-15-6-8-19(14)3/h6,8-10,13H,4-5,7H2,1-3H3/t13-/m1/s1. The van der Waals surface area contributed by atoms with Gasteiger partial charge in [0.05, 0.1) is 24.1 Å². The first-order chi connectivity index (χ1) is 10.9. The molecule has 0 saturated carbocycles. The van der Waals surface area contributed by atoms with Crippen LogP contribution in [-0.2, 0) is 17.3 Å². The summed E-state index contributed by atoms with van der Waals surface area (Å²) in [5.41, 5.74) is 1.34. The minimum absolute atomic E-state index is 0.259. The summed E-state index contributed by atoms with van der Waals surface area (Å²) < 4.78 is 29.4. The summed E-state index contributed by atoms with van der Waals surface area (Å²) in [6, 6.07) is -0.259. The zero-order valence-electron chi connectivity index (χ0n) is 13.4. The second-order valence-corrected chi connectivity index (χ2v) is 7.84. The van der Waals surface area contributed by atoms with Crippen LogP contribution in [0.5, 0.6) is 0 Å². The van der Waals surface area contributed by atoms with Crippen LogP contribution in [-0.4, -0.2) is 57.2 Å². The number of aryl methyl sites for hydroxylation is 1. The van der Waals surface area contributed by atoms with E-state index in [1.165, 1.54) is 8.61 Å². The molecule has 0 amide bonds. The summed E-state index contributed by atoms with van der Waals surface area (Å²) in [4.78, 5) is 13.1. The van der Waals surface area contributed by atoms with Crippen molar-refractivity contribution < 1.29 is 8.42 Å². The maximum absolute atomic E-state index is 12.4. The Morgan fingerprint density at radius 1 is 1.22 bits per heavy atom. The smallest absolute Gasteiger partial charge is 0.282 e. The van der Waals surface area contributed by atoms with Crippen LogP contribution < -0.4 is 0 Å². The molecule has 3 rings (SSSR count). The lowest BCUT2D eigenvalue weighted by molar-refractivity contribution is 0.357. The Bertz CT molecular complexity index is 784. The first kappa shape index (κ1) is 16.0. The monoisotopic (exact) mass is 336 g/mol. The van der Waals surface area contributed by atoms with E-state index in [1.54, 1.807) is 32.7 Å². The van der Waals surface area contributed by atoms with E-state index in [9.17, 15) is 8.42 Å². The Morgan fingerprint density at radius 2 is 2.00 bits per heavy atom. The third-order valence-corrected chi connectivity index (χ3v) is 5.98. The molecule has 0 bridgehead atoms. The lowest BCUT2D eigenvalue weighted by Gasteiger charge is -2.26. The van der Waals surface area contributed by atoms with Gasteiger partial charge in [0.25, 0.3) is 10.2 Å². The average molecular weight is 336 g/mol. The van der Waals surface area contributed by atoms with Crippen LogP contribution in [0.1, 0.15) is 24.6 Å². The predicted octanol–water partition coefficient (Wildman–Crippen LogP) is 0.820. The van der Waals surface area contributed by atoms with Gasteiger partial charge < -0.3 is 4.57 Å². The molecular formula is C14H20N6O2S. The molecule has 23 heavy (non-hydrogen) atoms. The minimum atomic E-state index is -3.45. The first-order valence-electron chi connectivity index (χ1n) is 7.40. The van der Waals surface area contributed by atoms with Gasteiger partial charge in [-0.3, -0.25) is 4.98 Å². The zero-order chi connectivity index (χ0) is 16.6. The third kappa shape index (κ3) is 2.87. The fraction of sp³-hybridized carbons (Fsp3) is 0.500. The molecule has 1 aliphatic rings. The van der Waals surface area contributed by atoms with E-state index in [1.807, 2.05) is 17.8 Å². The molecule has 3 heterocycles. The summed E-state index contributed by atoms with van der Waals surface area (Å²) in [5.74, 6) is 0.730. The van der Waals surface area contributed by atoms with Gasteiger partial charge in [-0.2, -0.15) is 17.0 Å². The second kappa shape index (κ2) is 5.99. The summed E-state index contributed by atoms with van der Waals surface area (Å²) in [7, 11) is 1.52. The molecule has 0 unspecified atom stereocenters. The molecule has 0 aliphatic carbocycles. The molecule has 0 spiro atoms. The normalized spacial score (nSPS) is 19.6. The van der Waals surface area contributed by atoms with Crippen molar-refractivity contribution in [1.82, 2.24) is 28.1 Å². The van der Waals surface area contributed by atoms with Gasteiger partial charge in [-0.25, -0.2) is 9.97 Å². The Hall–Kier alpha value is -1.84. The van der Waals surface area contributed by atoms with Crippen molar-refractivity contribution in [1.29, 1.82) is 0 Å². The van der Waals surface area contributed by atoms with Gasteiger partial charge in [-0.05, 0) is 12.8 Å². The van der Waals surface area contributed by atoms with Crippen molar-refractivity contribution in [2.45, 2.75) is 18.9 Å². The number of nitrogens with zero attached hydrogens (tertiary/aromatic N) is 6. The Kier molecular flexibility index (Phi) is 4.17. The second-order valence-electron chi connectivity index (χ2n) is 5.75. The highest BCUT2D eigenvalue weighted by Gasteiger charge is 2.37. The Balaban J connectivity index is 1.89. The Morgan fingerprint density at radius 3 is 2.57 bits per heavy atom. The molecule has 1 atom stereocenters. The maximum atomic E-state index is 12.4. The van der Waals surface area contributed by atoms with Crippen LogP contribution in [0.4, 0.5) is 0 Å². The fourth-order valence-electron chi connectivity index (χ4n) is 2.76. The SMILES string of the molecule is CN(C)S(=O)(=O)N1CCC[C@@H]1c1cnc(-c2nccn2C)cn1. The highest BCUT2D eigenvalue weighted by Crippen LogP contribution is 2.33. The van der Waals surface area contributed by atoms with Gasteiger partial charge in [-0.15, -0.1) is 0 Å². The molecule has 0 radical (unpaired) electrons. The van der Waals surface area contributed by atoms with E-state index in [2.05, 4.69) is 15.0 Å². The minimum Gasteiger partial charge on any atom is -0.333 e. The van der Waals surface area contributed by atoms with E-state index in [0.717, 1.165) is 18.7 Å². The number of imidazole rings is 1. The third-order valence-electron chi connectivity index (χ3n) is 4.02. The molecular weight excluding hydrogens is 316 g/mol. The summed E-state index contributed by atoms with van der Waals surface area (Å²) in [6.07, 6.45) is 8.42. The number of aromatic nitrogens is 4. The van der Waals surface area contributed by atoms with Crippen LogP contribution in [0.3, 0.4) is 0 Å².